The van der Waals surface area contributed by atoms with Crippen LogP contribution in [0.25, 0.3) is 0 Å². The molecule has 0 spiro atoms. The van der Waals surface area contributed by atoms with Crippen LogP contribution in [0.15, 0.2) is 24.4 Å². The van der Waals surface area contributed by atoms with Gasteiger partial charge in [0.1, 0.15) is 0 Å². The van der Waals surface area contributed by atoms with Gasteiger partial charge in [-0.25, -0.2) is 9.59 Å². The van der Waals surface area contributed by atoms with E-state index in [1.54, 1.807) is 0 Å². The van der Waals surface area contributed by atoms with Gasteiger partial charge in [0.2, 0.25) is 0 Å². The van der Waals surface area contributed by atoms with Gasteiger partial charge in [-0.15, -0.1) is 0 Å². The van der Waals surface area contributed by atoms with E-state index in [1.807, 2.05) is 24.4 Å². The van der Waals surface area contributed by atoms with Gasteiger partial charge in [-0.1, -0.05) is 6.07 Å². The zero-order valence-corrected chi connectivity index (χ0v) is 11.0. The Balaban J connectivity index is 0.000000286. The van der Waals surface area contributed by atoms with Crippen LogP contribution in [-0.2, 0) is 20.9 Å². The summed E-state index contributed by atoms with van der Waals surface area (Å²) >= 11 is 0. The van der Waals surface area contributed by atoms with Gasteiger partial charge in [0.05, 0.1) is 11.8 Å². The van der Waals surface area contributed by atoms with Crippen molar-refractivity contribution in [3.05, 3.63) is 30.1 Å². The minimum absolute atomic E-state index is 0.415. The van der Waals surface area contributed by atoms with Crippen molar-refractivity contribution in [2.75, 3.05) is 13.2 Å². The van der Waals surface area contributed by atoms with E-state index in [4.69, 9.17) is 24.5 Å². The van der Waals surface area contributed by atoms with E-state index in [1.165, 1.54) is 12.8 Å². The molecule has 7 nitrogen and oxygen atoms in total. The first-order valence-corrected chi connectivity index (χ1v) is 6.28. The molecule has 2 rings (SSSR count). The summed E-state index contributed by atoms with van der Waals surface area (Å²) in [6, 6.07) is 5.97. The van der Waals surface area contributed by atoms with Crippen molar-refractivity contribution < 1.29 is 24.5 Å². The third-order valence-electron chi connectivity index (χ3n) is 2.61. The molecule has 0 saturated carbocycles. The highest BCUT2D eigenvalue weighted by atomic mass is 16.5. The number of rotatable bonds is 4. The third-order valence-corrected chi connectivity index (χ3v) is 2.61. The smallest absolute Gasteiger partial charge is 0.414 e. The number of hydrogen-bond acceptors (Lipinski definition) is 5. The SMILES string of the molecule is O=C(O)C(=O)O.c1ccc(CNCC2CCCO2)nc1. The molecule has 0 aliphatic carbocycles. The van der Waals surface area contributed by atoms with Crippen LogP contribution in [0.2, 0.25) is 0 Å². The molecule has 7 heteroatoms. The highest BCUT2D eigenvalue weighted by molar-refractivity contribution is 6.27. The van der Waals surface area contributed by atoms with E-state index in [0.717, 1.165) is 25.4 Å². The summed E-state index contributed by atoms with van der Waals surface area (Å²) in [5, 5.41) is 18.1. The molecule has 1 fully saturated rings. The summed E-state index contributed by atoms with van der Waals surface area (Å²) in [5.41, 5.74) is 1.09. The van der Waals surface area contributed by atoms with Gasteiger partial charge in [-0.05, 0) is 25.0 Å². The normalized spacial score (nSPS) is 17.1. The van der Waals surface area contributed by atoms with Gasteiger partial charge in [-0.2, -0.15) is 0 Å². The molecule has 3 N–H and O–H groups in total. The minimum Gasteiger partial charge on any atom is -0.473 e. The number of carboxylic acid groups (broad SMARTS) is 2. The first-order chi connectivity index (χ1) is 9.59. The molecule has 1 saturated heterocycles. The lowest BCUT2D eigenvalue weighted by Gasteiger charge is -2.09. The number of ether oxygens (including phenoxy) is 1. The topological polar surface area (TPSA) is 109 Å². The monoisotopic (exact) mass is 282 g/mol. The molecule has 1 aromatic rings. The Kier molecular flexibility index (Phi) is 7.23. The predicted octanol–water partition coefficient (Wildman–Crippen LogP) is 0.506. The van der Waals surface area contributed by atoms with Crippen molar-refractivity contribution >= 4 is 11.9 Å². The second kappa shape index (κ2) is 9.00. The third kappa shape index (κ3) is 6.81. The fourth-order valence-corrected chi connectivity index (χ4v) is 1.67. The van der Waals surface area contributed by atoms with Crippen molar-refractivity contribution in [2.24, 2.45) is 0 Å². The standard InChI is InChI=1S/C11H16N2O.C2H2O4/c1-2-6-13-10(4-1)8-12-9-11-5-3-7-14-11;3-1(4)2(5)6/h1-2,4,6,11-12H,3,5,7-9H2;(H,3,4)(H,5,6). The maximum Gasteiger partial charge on any atom is 0.414 e. The van der Waals surface area contributed by atoms with Gasteiger partial charge in [0.25, 0.3) is 0 Å². The molecule has 1 aromatic heterocycles. The summed E-state index contributed by atoms with van der Waals surface area (Å²) in [5.74, 6) is -3.65. The molecular weight excluding hydrogens is 264 g/mol. The van der Waals surface area contributed by atoms with Gasteiger partial charge >= 0.3 is 11.9 Å². The first kappa shape index (κ1) is 16.1. The molecule has 1 unspecified atom stereocenters. The number of carbonyl (C=O) groups is 2. The number of carboxylic acids is 2. The van der Waals surface area contributed by atoms with E-state index in [2.05, 4.69) is 10.3 Å². The maximum atomic E-state index is 9.10. The summed E-state index contributed by atoms with van der Waals surface area (Å²) in [7, 11) is 0. The van der Waals surface area contributed by atoms with Crippen LogP contribution in [-0.4, -0.2) is 46.4 Å². The summed E-state index contributed by atoms with van der Waals surface area (Å²) in [6.45, 7) is 2.70. The molecule has 0 bridgehead atoms. The van der Waals surface area contributed by atoms with Crippen molar-refractivity contribution in [3.8, 4) is 0 Å². The summed E-state index contributed by atoms with van der Waals surface area (Å²) < 4.78 is 5.51. The molecule has 1 aliphatic heterocycles. The predicted molar refractivity (Wildman–Crippen MR) is 70.2 cm³/mol. The fourth-order valence-electron chi connectivity index (χ4n) is 1.67. The Labute approximate surface area is 116 Å². The highest BCUT2D eigenvalue weighted by Crippen LogP contribution is 2.10. The van der Waals surface area contributed by atoms with Crippen molar-refractivity contribution in [1.29, 1.82) is 0 Å². The van der Waals surface area contributed by atoms with Crippen LogP contribution in [0.4, 0.5) is 0 Å². The molecule has 0 amide bonds. The Hall–Kier alpha value is -1.99. The minimum atomic E-state index is -1.82. The quantitative estimate of drug-likeness (QED) is 0.690. The summed E-state index contributed by atoms with van der Waals surface area (Å²) in [4.78, 5) is 22.4. The van der Waals surface area contributed by atoms with Gasteiger partial charge in [-0.3, -0.25) is 4.98 Å². The molecular formula is C13H18N2O5. The van der Waals surface area contributed by atoms with E-state index in [0.29, 0.717) is 6.10 Å². The zero-order chi connectivity index (χ0) is 14.8. The lowest BCUT2D eigenvalue weighted by Crippen LogP contribution is -2.26. The molecule has 110 valence electrons. The van der Waals surface area contributed by atoms with E-state index in [-0.39, 0.29) is 0 Å². The summed E-state index contributed by atoms with van der Waals surface area (Å²) in [6.07, 6.45) is 4.63. The lowest BCUT2D eigenvalue weighted by atomic mass is 10.2. The maximum absolute atomic E-state index is 9.10. The average Bonchev–Trinajstić information content (AvgIpc) is 2.94. The Bertz CT molecular complexity index is 406. The Morgan fingerprint density at radius 3 is 2.60 bits per heavy atom. The number of nitrogens with one attached hydrogen (secondary N) is 1. The zero-order valence-electron chi connectivity index (χ0n) is 11.0. The largest absolute Gasteiger partial charge is 0.473 e. The fraction of sp³-hybridized carbons (Fsp3) is 0.462. The van der Waals surface area contributed by atoms with Gasteiger partial charge < -0.3 is 20.3 Å². The van der Waals surface area contributed by atoms with Crippen molar-refractivity contribution in [3.63, 3.8) is 0 Å². The van der Waals surface area contributed by atoms with Crippen LogP contribution in [0.3, 0.4) is 0 Å². The van der Waals surface area contributed by atoms with Crippen molar-refractivity contribution in [2.45, 2.75) is 25.5 Å². The van der Waals surface area contributed by atoms with Crippen molar-refractivity contribution in [1.82, 2.24) is 10.3 Å². The Morgan fingerprint density at radius 1 is 1.35 bits per heavy atom. The molecule has 20 heavy (non-hydrogen) atoms. The molecule has 1 aliphatic rings. The first-order valence-electron chi connectivity index (χ1n) is 6.28. The lowest BCUT2D eigenvalue weighted by molar-refractivity contribution is -0.159. The van der Waals surface area contributed by atoms with Gasteiger partial charge in [0, 0.05) is 25.9 Å². The number of pyridine rings is 1. The second-order valence-corrected chi connectivity index (χ2v) is 4.20. The van der Waals surface area contributed by atoms with Crippen LogP contribution < -0.4 is 5.32 Å². The van der Waals surface area contributed by atoms with Crippen LogP contribution in [0.5, 0.6) is 0 Å². The molecule has 0 aromatic carbocycles. The molecule has 0 radical (unpaired) electrons. The van der Waals surface area contributed by atoms with Crippen LogP contribution in [0.1, 0.15) is 18.5 Å². The van der Waals surface area contributed by atoms with E-state index >= 15 is 0 Å². The van der Waals surface area contributed by atoms with E-state index in [9.17, 15) is 0 Å². The molecule has 1 atom stereocenters. The number of aliphatic carboxylic acids is 2. The highest BCUT2D eigenvalue weighted by Gasteiger charge is 2.14. The van der Waals surface area contributed by atoms with Crippen LogP contribution >= 0.6 is 0 Å². The van der Waals surface area contributed by atoms with Gasteiger partial charge in [0.15, 0.2) is 0 Å². The number of aromatic nitrogens is 1. The average molecular weight is 282 g/mol. The second-order valence-electron chi connectivity index (χ2n) is 4.20. The number of nitrogens with zero attached hydrogens (tertiary/aromatic N) is 1. The van der Waals surface area contributed by atoms with Crippen LogP contribution in [0, 0.1) is 0 Å². The Morgan fingerprint density at radius 2 is 2.10 bits per heavy atom. The number of hydrogen-bond donors (Lipinski definition) is 3. The molecule has 2 heterocycles. The van der Waals surface area contributed by atoms with E-state index < -0.39 is 11.9 Å².